The highest BCUT2D eigenvalue weighted by atomic mass is 16.6. The molecule has 216 valence electrons. The minimum absolute atomic E-state index is 0.120. The molecule has 2 aliphatic carbocycles. The largest absolute Gasteiger partial charge is 0.449 e. The van der Waals surface area contributed by atoms with Crippen LogP contribution in [0.4, 0.5) is 9.59 Å². The lowest BCUT2D eigenvalue weighted by Gasteiger charge is -2.46. The fraction of sp³-hybridized carbons (Fsp3) is 0.935. The molecule has 6 heteroatoms. The fourth-order valence-corrected chi connectivity index (χ4v) is 7.56. The molecule has 4 atom stereocenters. The van der Waals surface area contributed by atoms with Crippen LogP contribution in [0.1, 0.15) is 133 Å². The SMILES string of the molecule is CCC1(C)CC(NC(=O)OCC(CC)(CC)COC(=O)NC2CC(C)(C)CC(C)(CC)C2)CC(C)(C)C1. The molecule has 2 rings (SSSR count). The van der Waals surface area contributed by atoms with Gasteiger partial charge >= 0.3 is 12.2 Å². The molecule has 2 saturated carbocycles. The molecule has 0 aromatic heterocycles. The van der Waals surface area contributed by atoms with Crippen LogP contribution in [0.25, 0.3) is 0 Å². The summed E-state index contributed by atoms with van der Waals surface area (Å²) in [6.07, 6.45) is 9.24. The zero-order chi connectivity index (χ0) is 28.1. The highest BCUT2D eigenvalue weighted by Gasteiger charge is 2.42. The molecule has 0 spiro atoms. The first-order valence-electron chi connectivity index (χ1n) is 14.9. The number of alkyl carbamates (subject to hydrolysis) is 2. The van der Waals surface area contributed by atoms with Gasteiger partial charge in [-0.15, -0.1) is 0 Å². The molecule has 0 aliphatic heterocycles. The van der Waals surface area contributed by atoms with E-state index in [0.29, 0.717) is 0 Å². The Morgan fingerprint density at radius 3 is 1.32 bits per heavy atom. The van der Waals surface area contributed by atoms with Crippen molar-refractivity contribution in [2.45, 2.75) is 146 Å². The zero-order valence-electron chi connectivity index (χ0n) is 25.8. The van der Waals surface area contributed by atoms with Crippen LogP contribution >= 0.6 is 0 Å². The topological polar surface area (TPSA) is 76.7 Å². The van der Waals surface area contributed by atoms with E-state index in [-0.39, 0.29) is 64.6 Å². The zero-order valence-corrected chi connectivity index (χ0v) is 25.8. The summed E-state index contributed by atoms with van der Waals surface area (Å²) in [6.45, 7) is 22.9. The molecule has 0 aromatic rings. The van der Waals surface area contributed by atoms with Gasteiger partial charge in [-0.05, 0) is 73.0 Å². The van der Waals surface area contributed by atoms with Gasteiger partial charge in [-0.25, -0.2) is 9.59 Å². The Labute approximate surface area is 227 Å². The van der Waals surface area contributed by atoms with Crippen LogP contribution in [-0.4, -0.2) is 37.5 Å². The Kier molecular flexibility index (Phi) is 10.4. The lowest BCUT2D eigenvalue weighted by Crippen LogP contribution is -2.48. The average Bonchev–Trinajstić information content (AvgIpc) is 2.77. The summed E-state index contributed by atoms with van der Waals surface area (Å²) >= 11 is 0. The quantitative estimate of drug-likeness (QED) is 0.303. The molecule has 6 nitrogen and oxygen atoms in total. The molecule has 0 heterocycles. The van der Waals surface area contributed by atoms with Gasteiger partial charge in [0.25, 0.3) is 0 Å². The number of amides is 2. The van der Waals surface area contributed by atoms with Crippen LogP contribution in [0.3, 0.4) is 0 Å². The number of hydrogen-bond donors (Lipinski definition) is 2. The van der Waals surface area contributed by atoms with Crippen molar-refractivity contribution in [3.8, 4) is 0 Å². The van der Waals surface area contributed by atoms with Crippen molar-refractivity contribution in [1.29, 1.82) is 0 Å². The second-order valence-corrected chi connectivity index (χ2v) is 14.9. The van der Waals surface area contributed by atoms with E-state index in [1.54, 1.807) is 0 Å². The van der Waals surface area contributed by atoms with Crippen LogP contribution in [0.2, 0.25) is 0 Å². The number of rotatable bonds is 10. The van der Waals surface area contributed by atoms with Crippen LogP contribution < -0.4 is 10.6 Å². The van der Waals surface area contributed by atoms with Gasteiger partial charge in [0.1, 0.15) is 13.2 Å². The van der Waals surface area contributed by atoms with Gasteiger partial charge in [-0.3, -0.25) is 0 Å². The molecule has 0 aromatic carbocycles. The molecule has 0 radical (unpaired) electrons. The first-order valence-corrected chi connectivity index (χ1v) is 14.9. The Morgan fingerprint density at radius 1 is 0.676 bits per heavy atom. The van der Waals surface area contributed by atoms with Crippen molar-refractivity contribution < 1.29 is 19.1 Å². The van der Waals surface area contributed by atoms with Gasteiger partial charge in [-0.1, -0.05) is 82.1 Å². The molecule has 4 unspecified atom stereocenters. The summed E-state index contributed by atoms with van der Waals surface area (Å²) in [5.74, 6) is 0. The molecule has 0 saturated heterocycles. The van der Waals surface area contributed by atoms with Gasteiger partial charge in [0.15, 0.2) is 0 Å². The molecule has 2 N–H and O–H groups in total. The Morgan fingerprint density at radius 2 is 1.03 bits per heavy atom. The Hall–Kier alpha value is -1.46. The summed E-state index contributed by atoms with van der Waals surface area (Å²) in [7, 11) is 0. The van der Waals surface area contributed by atoms with Crippen molar-refractivity contribution in [2.75, 3.05) is 13.2 Å². The van der Waals surface area contributed by atoms with Crippen molar-refractivity contribution in [3.63, 3.8) is 0 Å². The molecular formula is C31H58N2O4. The van der Waals surface area contributed by atoms with E-state index in [0.717, 1.165) is 51.4 Å². The predicted molar refractivity (Wildman–Crippen MR) is 152 cm³/mol. The molecule has 2 aliphatic rings. The van der Waals surface area contributed by atoms with E-state index in [4.69, 9.17) is 9.47 Å². The number of carbonyl (C=O) groups is 2. The lowest BCUT2D eigenvalue weighted by atomic mass is 9.62. The fourth-order valence-electron chi connectivity index (χ4n) is 7.56. The second-order valence-electron chi connectivity index (χ2n) is 14.9. The van der Waals surface area contributed by atoms with E-state index >= 15 is 0 Å². The van der Waals surface area contributed by atoms with Crippen molar-refractivity contribution in [1.82, 2.24) is 10.6 Å². The predicted octanol–water partition coefficient (Wildman–Crippen LogP) is 8.24. The Bertz CT molecular complexity index is 715. The summed E-state index contributed by atoms with van der Waals surface area (Å²) in [5.41, 5.74) is 0.475. The third-order valence-corrected chi connectivity index (χ3v) is 9.76. The maximum absolute atomic E-state index is 12.8. The average molecular weight is 523 g/mol. The van der Waals surface area contributed by atoms with Crippen molar-refractivity contribution >= 4 is 12.2 Å². The van der Waals surface area contributed by atoms with Crippen LogP contribution in [-0.2, 0) is 9.47 Å². The monoisotopic (exact) mass is 522 g/mol. The number of ether oxygens (including phenoxy) is 2. The standard InChI is InChI=1S/C31H58N2O4/c1-11-29(9)17-23(15-27(5,6)19-29)32-25(34)36-21-31(13-3,14-4)22-37-26(35)33-24-16-28(7,8)20-30(10,12-2)18-24/h23-24H,11-22H2,1-10H3,(H,32,34)(H,33,35). The second kappa shape index (κ2) is 12.2. The molecule has 2 fully saturated rings. The minimum atomic E-state index is -0.387. The highest BCUT2D eigenvalue weighted by molar-refractivity contribution is 5.68. The third kappa shape index (κ3) is 9.35. The van der Waals surface area contributed by atoms with Crippen LogP contribution in [0.5, 0.6) is 0 Å². The molecule has 2 amide bonds. The summed E-state index contributed by atoms with van der Waals surface area (Å²) < 4.78 is 11.5. The first kappa shape index (κ1) is 31.8. The first-order chi connectivity index (χ1) is 17.0. The molecule has 0 bridgehead atoms. The summed E-state index contributed by atoms with van der Waals surface area (Å²) in [4.78, 5) is 25.6. The summed E-state index contributed by atoms with van der Waals surface area (Å²) in [5, 5.41) is 6.29. The van der Waals surface area contributed by atoms with E-state index in [1.165, 1.54) is 12.8 Å². The van der Waals surface area contributed by atoms with Gasteiger partial charge in [0.2, 0.25) is 0 Å². The third-order valence-electron chi connectivity index (χ3n) is 9.76. The van der Waals surface area contributed by atoms with Gasteiger partial charge in [0, 0.05) is 17.5 Å². The van der Waals surface area contributed by atoms with Gasteiger partial charge < -0.3 is 20.1 Å². The highest BCUT2D eigenvalue weighted by Crippen LogP contribution is 2.48. The van der Waals surface area contributed by atoms with E-state index in [2.05, 4.69) is 79.9 Å². The van der Waals surface area contributed by atoms with Crippen molar-refractivity contribution in [3.05, 3.63) is 0 Å². The number of carbonyl (C=O) groups excluding carboxylic acids is 2. The van der Waals surface area contributed by atoms with E-state index < -0.39 is 0 Å². The molecular weight excluding hydrogens is 464 g/mol. The number of nitrogens with one attached hydrogen (secondary N) is 2. The smallest absolute Gasteiger partial charge is 0.407 e. The van der Waals surface area contributed by atoms with Gasteiger partial charge in [0.05, 0.1) is 0 Å². The number of hydrogen-bond acceptors (Lipinski definition) is 4. The van der Waals surface area contributed by atoms with Crippen LogP contribution in [0.15, 0.2) is 0 Å². The maximum atomic E-state index is 12.8. The Balaban J connectivity index is 1.89. The maximum Gasteiger partial charge on any atom is 0.407 e. The normalized spacial score (nSPS) is 31.3. The van der Waals surface area contributed by atoms with Crippen molar-refractivity contribution in [2.24, 2.45) is 27.1 Å². The minimum Gasteiger partial charge on any atom is -0.449 e. The summed E-state index contributed by atoms with van der Waals surface area (Å²) in [6, 6.07) is 0.240. The van der Waals surface area contributed by atoms with Crippen LogP contribution in [0, 0.1) is 27.1 Å². The van der Waals surface area contributed by atoms with E-state index in [9.17, 15) is 9.59 Å². The van der Waals surface area contributed by atoms with Gasteiger partial charge in [-0.2, -0.15) is 0 Å². The lowest BCUT2D eigenvalue weighted by molar-refractivity contribution is 0.0122. The van der Waals surface area contributed by atoms with E-state index in [1.807, 2.05) is 0 Å². The molecule has 37 heavy (non-hydrogen) atoms.